The third kappa shape index (κ3) is 8.05. The topological polar surface area (TPSA) is 76.2 Å². The van der Waals surface area contributed by atoms with Gasteiger partial charge in [-0.1, -0.05) is 42.5 Å². The zero-order chi connectivity index (χ0) is 27.5. The molecule has 0 saturated carbocycles. The molecule has 3 rings (SSSR count). The van der Waals surface area contributed by atoms with Gasteiger partial charge >= 0.3 is 0 Å². The first-order valence-corrected chi connectivity index (χ1v) is 14.5. The SMILES string of the molecule is C=CCN(CC(=O)N(CCc1ccc(OC)c(OC)c1)Cc1sccc1C)S(=O)(=O)C=Cc1ccccc1. The van der Waals surface area contributed by atoms with E-state index in [4.69, 9.17) is 9.47 Å². The van der Waals surface area contributed by atoms with E-state index in [2.05, 4.69) is 6.58 Å². The summed E-state index contributed by atoms with van der Waals surface area (Å²) in [7, 11) is -0.695. The first kappa shape index (κ1) is 29.2. The van der Waals surface area contributed by atoms with Crippen LogP contribution in [0.25, 0.3) is 6.08 Å². The molecule has 0 saturated heterocycles. The molecule has 9 heteroatoms. The summed E-state index contributed by atoms with van der Waals surface area (Å²) in [6, 6.07) is 16.8. The van der Waals surface area contributed by atoms with Crippen molar-refractivity contribution in [3.8, 4) is 11.5 Å². The highest BCUT2D eigenvalue weighted by Crippen LogP contribution is 2.28. The zero-order valence-electron chi connectivity index (χ0n) is 22.0. The van der Waals surface area contributed by atoms with Gasteiger partial charge in [0.15, 0.2) is 11.5 Å². The van der Waals surface area contributed by atoms with Crippen molar-refractivity contribution in [2.45, 2.75) is 19.9 Å². The van der Waals surface area contributed by atoms with Crippen LogP contribution in [0.3, 0.4) is 0 Å². The van der Waals surface area contributed by atoms with Crippen molar-refractivity contribution in [2.75, 3.05) is 33.9 Å². The van der Waals surface area contributed by atoms with Gasteiger partial charge in [-0.05, 0) is 59.7 Å². The van der Waals surface area contributed by atoms with Crippen molar-refractivity contribution in [1.29, 1.82) is 0 Å². The van der Waals surface area contributed by atoms with Crippen molar-refractivity contribution in [2.24, 2.45) is 0 Å². The molecular weight excluding hydrogens is 520 g/mol. The van der Waals surface area contributed by atoms with Crippen molar-refractivity contribution < 1.29 is 22.7 Å². The summed E-state index contributed by atoms with van der Waals surface area (Å²) in [5, 5.41) is 3.13. The van der Waals surface area contributed by atoms with Gasteiger partial charge in [-0.3, -0.25) is 4.79 Å². The number of hydrogen-bond acceptors (Lipinski definition) is 6. The molecule has 202 valence electrons. The molecule has 0 aliphatic heterocycles. The summed E-state index contributed by atoms with van der Waals surface area (Å²) in [6.07, 6.45) is 3.58. The number of carbonyl (C=O) groups is 1. The lowest BCUT2D eigenvalue weighted by Gasteiger charge is -2.26. The summed E-state index contributed by atoms with van der Waals surface area (Å²) in [4.78, 5) is 16.3. The maximum absolute atomic E-state index is 13.6. The average Bonchev–Trinajstić information content (AvgIpc) is 3.33. The number of aryl methyl sites for hydroxylation is 1. The van der Waals surface area contributed by atoms with E-state index >= 15 is 0 Å². The summed E-state index contributed by atoms with van der Waals surface area (Å²) < 4.78 is 38.1. The Hall–Kier alpha value is -3.40. The van der Waals surface area contributed by atoms with Gasteiger partial charge in [0.1, 0.15) is 0 Å². The standard InChI is InChI=1S/C29H34N2O5S2/c1-5-16-31(38(33,34)19-15-24-9-7-6-8-10-24)22-29(32)30(21-28-23(2)14-18-37-28)17-13-25-11-12-26(35-3)27(20-25)36-4/h5-12,14-15,18-20H,1,13,16-17,21-22H2,2-4H3. The molecule has 3 aromatic rings. The van der Waals surface area contributed by atoms with Crippen LogP contribution >= 0.6 is 11.3 Å². The van der Waals surface area contributed by atoms with Crippen molar-refractivity contribution in [3.63, 3.8) is 0 Å². The Labute approximate surface area is 229 Å². The fourth-order valence-corrected chi connectivity index (χ4v) is 5.83. The number of methoxy groups -OCH3 is 2. The van der Waals surface area contributed by atoms with Gasteiger partial charge in [0.2, 0.25) is 15.9 Å². The summed E-state index contributed by atoms with van der Waals surface area (Å²) >= 11 is 1.58. The van der Waals surface area contributed by atoms with Gasteiger partial charge in [0, 0.05) is 23.4 Å². The number of amides is 1. The minimum Gasteiger partial charge on any atom is -0.493 e. The highest BCUT2D eigenvalue weighted by atomic mass is 32.2. The molecule has 0 radical (unpaired) electrons. The third-order valence-corrected chi connectivity index (χ3v) is 8.50. The molecule has 2 aromatic carbocycles. The smallest absolute Gasteiger partial charge is 0.238 e. The number of nitrogens with zero attached hydrogens (tertiary/aromatic N) is 2. The van der Waals surface area contributed by atoms with E-state index in [1.165, 1.54) is 12.2 Å². The Balaban J connectivity index is 1.80. The number of thiophene rings is 1. The second kappa shape index (κ2) is 13.9. The number of benzene rings is 2. The largest absolute Gasteiger partial charge is 0.493 e. The third-order valence-electron chi connectivity index (χ3n) is 6.01. The Morgan fingerprint density at radius 3 is 2.42 bits per heavy atom. The van der Waals surface area contributed by atoms with Crippen molar-refractivity contribution in [1.82, 2.24) is 9.21 Å². The molecule has 1 heterocycles. The summed E-state index contributed by atoms with van der Waals surface area (Å²) in [5.74, 6) is 0.967. The van der Waals surface area contributed by atoms with Crippen LogP contribution < -0.4 is 9.47 Å². The second-order valence-electron chi connectivity index (χ2n) is 8.62. The molecule has 1 aromatic heterocycles. The highest BCUT2D eigenvalue weighted by molar-refractivity contribution is 7.92. The van der Waals surface area contributed by atoms with E-state index < -0.39 is 10.0 Å². The molecule has 0 fully saturated rings. The number of ether oxygens (including phenoxy) is 2. The Morgan fingerprint density at radius 2 is 1.79 bits per heavy atom. The number of hydrogen-bond donors (Lipinski definition) is 0. The van der Waals surface area contributed by atoms with Crippen molar-refractivity contribution in [3.05, 3.63) is 99.6 Å². The Bertz CT molecular complexity index is 1350. The van der Waals surface area contributed by atoms with Crippen LogP contribution in [-0.2, 0) is 27.8 Å². The molecule has 0 aliphatic carbocycles. The van der Waals surface area contributed by atoms with Crippen LogP contribution in [0.1, 0.15) is 21.6 Å². The lowest BCUT2D eigenvalue weighted by Crippen LogP contribution is -2.42. The zero-order valence-corrected chi connectivity index (χ0v) is 23.6. The molecule has 7 nitrogen and oxygen atoms in total. The minimum atomic E-state index is -3.86. The molecule has 0 unspecified atom stereocenters. The first-order chi connectivity index (χ1) is 18.3. The molecular formula is C29H34N2O5S2. The van der Waals surface area contributed by atoms with E-state index in [0.29, 0.717) is 31.0 Å². The molecule has 0 N–H and O–H groups in total. The van der Waals surface area contributed by atoms with Gasteiger partial charge in [-0.2, -0.15) is 4.31 Å². The monoisotopic (exact) mass is 554 g/mol. The van der Waals surface area contributed by atoms with Crippen molar-refractivity contribution >= 4 is 33.3 Å². The van der Waals surface area contributed by atoms with Crippen LogP contribution in [0, 0.1) is 6.92 Å². The van der Waals surface area contributed by atoms with E-state index in [1.54, 1.807) is 30.5 Å². The molecule has 0 aliphatic rings. The van der Waals surface area contributed by atoms with E-state index in [1.807, 2.05) is 66.9 Å². The lowest BCUT2D eigenvalue weighted by molar-refractivity contribution is -0.131. The van der Waals surface area contributed by atoms with Crippen LogP contribution in [-0.4, -0.2) is 57.4 Å². The molecule has 0 spiro atoms. The lowest BCUT2D eigenvalue weighted by atomic mass is 10.1. The maximum atomic E-state index is 13.6. The summed E-state index contributed by atoms with van der Waals surface area (Å²) in [6.45, 7) is 6.24. The summed E-state index contributed by atoms with van der Waals surface area (Å²) in [5.41, 5.74) is 2.83. The fourth-order valence-electron chi connectivity index (χ4n) is 3.80. The number of rotatable bonds is 14. The van der Waals surface area contributed by atoms with Gasteiger partial charge in [-0.15, -0.1) is 17.9 Å². The quantitative estimate of drug-likeness (QED) is 0.258. The fraction of sp³-hybridized carbons (Fsp3) is 0.276. The number of sulfonamides is 1. The second-order valence-corrected chi connectivity index (χ2v) is 11.4. The maximum Gasteiger partial charge on any atom is 0.238 e. The van der Waals surface area contributed by atoms with Crippen LogP contribution in [0.15, 0.2) is 78.0 Å². The molecule has 38 heavy (non-hydrogen) atoms. The van der Waals surface area contributed by atoms with E-state index in [9.17, 15) is 13.2 Å². The normalized spacial score (nSPS) is 11.6. The molecule has 1 amide bonds. The van der Waals surface area contributed by atoms with E-state index in [-0.39, 0.29) is 19.0 Å². The predicted molar refractivity (Wildman–Crippen MR) is 154 cm³/mol. The minimum absolute atomic E-state index is 0.0226. The molecule has 0 atom stereocenters. The predicted octanol–water partition coefficient (Wildman–Crippen LogP) is 5.13. The first-order valence-electron chi connectivity index (χ1n) is 12.1. The van der Waals surface area contributed by atoms with Crippen LogP contribution in [0.5, 0.6) is 11.5 Å². The van der Waals surface area contributed by atoms with Gasteiger partial charge in [-0.25, -0.2) is 8.42 Å². The number of carbonyl (C=O) groups excluding carboxylic acids is 1. The van der Waals surface area contributed by atoms with Gasteiger partial charge in [0.25, 0.3) is 0 Å². The van der Waals surface area contributed by atoms with Gasteiger partial charge < -0.3 is 14.4 Å². The van der Waals surface area contributed by atoms with Crippen LogP contribution in [0.2, 0.25) is 0 Å². The van der Waals surface area contributed by atoms with Crippen LogP contribution in [0.4, 0.5) is 0 Å². The van der Waals surface area contributed by atoms with E-state index in [0.717, 1.165) is 31.3 Å². The molecule has 0 bridgehead atoms. The average molecular weight is 555 g/mol. The Morgan fingerprint density at radius 1 is 1.05 bits per heavy atom. The Kier molecular flexibility index (Phi) is 10.7. The highest BCUT2D eigenvalue weighted by Gasteiger charge is 2.25. The van der Waals surface area contributed by atoms with Gasteiger partial charge in [0.05, 0.1) is 27.3 Å².